The van der Waals surface area contributed by atoms with Crippen molar-refractivity contribution in [2.75, 3.05) is 23.7 Å². The smallest absolute Gasteiger partial charge is 0.264 e. The number of carbonyl (C=O) groups is 1. The van der Waals surface area contributed by atoms with Crippen molar-refractivity contribution in [2.24, 2.45) is 5.92 Å². The Hall–Kier alpha value is -1.99. The average molecular weight is 393 g/mol. The molecule has 0 aliphatic heterocycles. The van der Waals surface area contributed by atoms with Gasteiger partial charge in [-0.25, -0.2) is 8.42 Å². The van der Waals surface area contributed by atoms with Gasteiger partial charge < -0.3 is 5.32 Å². The highest BCUT2D eigenvalue weighted by Crippen LogP contribution is 2.24. The number of thioether (sulfide) groups is 1. The van der Waals surface area contributed by atoms with Gasteiger partial charge in [0.15, 0.2) is 0 Å². The minimum atomic E-state index is -3.61. The van der Waals surface area contributed by atoms with E-state index in [0.717, 1.165) is 4.90 Å². The molecule has 2 aromatic carbocycles. The van der Waals surface area contributed by atoms with Crippen LogP contribution < -0.4 is 9.62 Å². The number of benzene rings is 2. The van der Waals surface area contributed by atoms with Crippen LogP contribution in [-0.2, 0) is 14.8 Å². The van der Waals surface area contributed by atoms with Gasteiger partial charge in [0.2, 0.25) is 5.91 Å². The van der Waals surface area contributed by atoms with Crippen molar-refractivity contribution in [1.29, 1.82) is 0 Å². The van der Waals surface area contributed by atoms with Crippen LogP contribution in [0.4, 0.5) is 5.69 Å². The molecular weight excluding hydrogens is 368 g/mol. The fourth-order valence-corrected chi connectivity index (χ4v) is 4.08. The summed E-state index contributed by atoms with van der Waals surface area (Å²) in [7, 11) is -2.08. The van der Waals surface area contributed by atoms with E-state index in [9.17, 15) is 13.2 Å². The van der Waals surface area contributed by atoms with Crippen LogP contribution in [0.2, 0.25) is 0 Å². The molecule has 0 aliphatic rings. The average Bonchev–Trinajstić information content (AvgIpc) is 2.65. The Bertz CT molecular complexity index is 820. The monoisotopic (exact) mass is 392 g/mol. The lowest BCUT2D eigenvalue weighted by Gasteiger charge is -2.19. The van der Waals surface area contributed by atoms with E-state index >= 15 is 0 Å². The van der Waals surface area contributed by atoms with E-state index in [4.69, 9.17) is 0 Å². The van der Waals surface area contributed by atoms with Gasteiger partial charge in [0.25, 0.3) is 10.0 Å². The zero-order chi connectivity index (χ0) is 19.2. The standard InChI is InChI=1S/C19H24N2O3S2/c1-15(2)13-20-19(22)14-25-17-9-11-18(12-10-17)26(23,24)21(3)16-7-5-4-6-8-16/h4-12,15H,13-14H2,1-3H3,(H,20,22). The Morgan fingerprint density at radius 3 is 2.27 bits per heavy atom. The van der Waals surface area contributed by atoms with Gasteiger partial charge in [-0.15, -0.1) is 11.8 Å². The van der Waals surface area contributed by atoms with Gasteiger partial charge in [0, 0.05) is 18.5 Å². The quantitative estimate of drug-likeness (QED) is 0.700. The number of nitrogens with one attached hydrogen (secondary N) is 1. The number of hydrogen-bond acceptors (Lipinski definition) is 4. The summed E-state index contributed by atoms with van der Waals surface area (Å²) >= 11 is 1.38. The molecule has 0 atom stereocenters. The van der Waals surface area contributed by atoms with Crippen molar-refractivity contribution in [3.63, 3.8) is 0 Å². The third-order valence-electron chi connectivity index (χ3n) is 3.68. The van der Waals surface area contributed by atoms with E-state index in [1.165, 1.54) is 23.1 Å². The largest absolute Gasteiger partial charge is 0.355 e. The number of anilines is 1. The molecule has 140 valence electrons. The molecule has 26 heavy (non-hydrogen) atoms. The summed E-state index contributed by atoms with van der Waals surface area (Å²) in [5.41, 5.74) is 0.604. The molecule has 7 heteroatoms. The molecule has 0 aliphatic carbocycles. The van der Waals surface area contributed by atoms with E-state index in [1.54, 1.807) is 48.5 Å². The molecule has 0 saturated carbocycles. The first-order valence-electron chi connectivity index (χ1n) is 8.34. The van der Waals surface area contributed by atoms with E-state index in [0.29, 0.717) is 23.9 Å². The molecular formula is C19H24N2O3S2. The lowest BCUT2D eigenvalue weighted by Crippen LogP contribution is -2.28. The summed E-state index contributed by atoms with van der Waals surface area (Å²) in [5, 5.41) is 2.86. The molecule has 0 aromatic heterocycles. The molecule has 0 radical (unpaired) electrons. The summed E-state index contributed by atoms with van der Waals surface area (Å²) < 4.78 is 26.7. The number of amides is 1. The summed E-state index contributed by atoms with van der Waals surface area (Å²) in [5.74, 6) is 0.696. The van der Waals surface area contributed by atoms with Crippen LogP contribution in [0.3, 0.4) is 0 Å². The van der Waals surface area contributed by atoms with Crippen LogP contribution in [0.15, 0.2) is 64.4 Å². The number of nitrogens with zero attached hydrogens (tertiary/aromatic N) is 1. The number of hydrogen-bond donors (Lipinski definition) is 1. The first-order chi connectivity index (χ1) is 12.3. The lowest BCUT2D eigenvalue weighted by atomic mass is 10.2. The third kappa shape index (κ3) is 5.51. The fraction of sp³-hybridized carbons (Fsp3) is 0.316. The van der Waals surface area contributed by atoms with Crippen molar-refractivity contribution < 1.29 is 13.2 Å². The van der Waals surface area contributed by atoms with E-state index in [1.807, 2.05) is 19.9 Å². The maximum Gasteiger partial charge on any atom is 0.264 e. The van der Waals surface area contributed by atoms with Crippen LogP contribution in [0.1, 0.15) is 13.8 Å². The number of sulfonamides is 1. The van der Waals surface area contributed by atoms with E-state index < -0.39 is 10.0 Å². The SMILES string of the molecule is CC(C)CNC(=O)CSc1ccc(S(=O)(=O)N(C)c2ccccc2)cc1. The number of para-hydroxylation sites is 1. The Balaban J connectivity index is 2.01. The van der Waals surface area contributed by atoms with Gasteiger partial charge in [-0.1, -0.05) is 32.0 Å². The third-order valence-corrected chi connectivity index (χ3v) is 6.49. The lowest BCUT2D eigenvalue weighted by molar-refractivity contribution is -0.118. The maximum atomic E-state index is 12.7. The highest BCUT2D eigenvalue weighted by molar-refractivity contribution is 8.00. The molecule has 0 heterocycles. The predicted octanol–water partition coefficient (Wildman–Crippen LogP) is 3.38. The normalized spacial score (nSPS) is 11.4. The molecule has 0 spiro atoms. The first kappa shape index (κ1) is 20.3. The molecule has 0 fully saturated rings. The molecule has 0 bridgehead atoms. The predicted molar refractivity (Wildman–Crippen MR) is 107 cm³/mol. The van der Waals surface area contributed by atoms with Crippen molar-refractivity contribution in [3.8, 4) is 0 Å². The Morgan fingerprint density at radius 2 is 1.69 bits per heavy atom. The topological polar surface area (TPSA) is 66.5 Å². The van der Waals surface area contributed by atoms with E-state index in [2.05, 4.69) is 5.32 Å². The highest BCUT2D eigenvalue weighted by atomic mass is 32.2. The molecule has 0 saturated heterocycles. The van der Waals surface area contributed by atoms with Gasteiger partial charge in [-0.05, 0) is 42.3 Å². The minimum absolute atomic E-state index is 0.0239. The molecule has 2 aromatic rings. The number of carbonyl (C=O) groups excluding carboxylic acids is 1. The summed E-state index contributed by atoms with van der Waals surface area (Å²) in [6.45, 7) is 4.74. The van der Waals surface area contributed by atoms with Crippen LogP contribution in [0.5, 0.6) is 0 Å². The first-order valence-corrected chi connectivity index (χ1v) is 10.8. The second-order valence-electron chi connectivity index (χ2n) is 6.27. The van der Waals surface area contributed by atoms with Crippen molar-refractivity contribution in [2.45, 2.75) is 23.6 Å². The summed E-state index contributed by atoms with van der Waals surface area (Å²) in [4.78, 5) is 12.8. The molecule has 5 nitrogen and oxygen atoms in total. The van der Waals surface area contributed by atoms with Crippen LogP contribution >= 0.6 is 11.8 Å². The van der Waals surface area contributed by atoms with Crippen LogP contribution in [-0.4, -0.2) is 33.7 Å². The molecule has 0 unspecified atom stereocenters. The minimum Gasteiger partial charge on any atom is -0.355 e. The van der Waals surface area contributed by atoms with Gasteiger partial charge >= 0.3 is 0 Å². The maximum absolute atomic E-state index is 12.7. The Labute approximate surface area is 159 Å². The molecule has 1 amide bonds. The van der Waals surface area contributed by atoms with Crippen LogP contribution in [0, 0.1) is 5.92 Å². The molecule has 1 N–H and O–H groups in total. The zero-order valence-electron chi connectivity index (χ0n) is 15.2. The summed E-state index contributed by atoms with van der Waals surface area (Å²) in [6.07, 6.45) is 0. The van der Waals surface area contributed by atoms with Gasteiger partial charge in [0.05, 0.1) is 16.3 Å². The highest BCUT2D eigenvalue weighted by Gasteiger charge is 2.21. The van der Waals surface area contributed by atoms with Gasteiger partial charge in [-0.2, -0.15) is 0 Å². The second kappa shape index (κ2) is 9.09. The number of rotatable bonds is 8. The van der Waals surface area contributed by atoms with Crippen molar-refractivity contribution in [1.82, 2.24) is 5.32 Å². The van der Waals surface area contributed by atoms with Crippen molar-refractivity contribution in [3.05, 3.63) is 54.6 Å². The Morgan fingerprint density at radius 1 is 1.08 bits per heavy atom. The molecule has 2 rings (SSSR count). The Kier molecular flexibility index (Phi) is 7.11. The van der Waals surface area contributed by atoms with Gasteiger partial charge in [-0.3, -0.25) is 9.10 Å². The zero-order valence-corrected chi connectivity index (χ0v) is 16.8. The fourth-order valence-electron chi connectivity index (χ4n) is 2.16. The van der Waals surface area contributed by atoms with E-state index in [-0.39, 0.29) is 10.8 Å². The van der Waals surface area contributed by atoms with Crippen LogP contribution in [0.25, 0.3) is 0 Å². The van der Waals surface area contributed by atoms with Gasteiger partial charge in [0.1, 0.15) is 0 Å². The second-order valence-corrected chi connectivity index (χ2v) is 9.28. The summed E-state index contributed by atoms with van der Waals surface area (Å²) in [6, 6.07) is 15.5. The van der Waals surface area contributed by atoms with Crippen molar-refractivity contribution >= 4 is 33.4 Å².